The Kier molecular flexibility index (Phi) is 5.53. The average molecular weight is 237 g/mol. The summed E-state index contributed by atoms with van der Waals surface area (Å²) in [5, 5.41) is 3.64. The van der Waals surface area contributed by atoms with Crippen molar-refractivity contribution in [3.05, 3.63) is 11.6 Å². The molecule has 0 radical (unpaired) electrons. The summed E-state index contributed by atoms with van der Waals surface area (Å²) in [5.74, 6) is 0. The summed E-state index contributed by atoms with van der Waals surface area (Å²) >= 11 is 0. The Morgan fingerprint density at radius 3 is 3.00 bits per heavy atom. The Balaban J connectivity index is 1.76. The first-order valence-corrected chi connectivity index (χ1v) is 7.44. The van der Waals surface area contributed by atoms with Gasteiger partial charge in [-0.05, 0) is 57.9 Å². The number of likely N-dealkylation sites (N-methyl/N-ethyl adjacent to an activating group) is 1. The van der Waals surface area contributed by atoms with Crippen LogP contribution in [0.5, 0.6) is 0 Å². The van der Waals surface area contributed by atoms with Crippen molar-refractivity contribution in [3.8, 4) is 0 Å². The van der Waals surface area contributed by atoms with Gasteiger partial charge in [-0.15, -0.1) is 0 Å². The normalized spacial score (nSPS) is 26.9. The third kappa shape index (κ3) is 4.11. The van der Waals surface area contributed by atoms with Crippen molar-refractivity contribution in [1.82, 2.24) is 5.32 Å². The van der Waals surface area contributed by atoms with E-state index in [0.29, 0.717) is 12.1 Å². The van der Waals surface area contributed by atoms with Gasteiger partial charge < -0.3 is 10.1 Å². The third-order valence-electron chi connectivity index (χ3n) is 4.03. The van der Waals surface area contributed by atoms with E-state index in [1.165, 1.54) is 51.4 Å². The smallest absolute Gasteiger partial charge is 0.0575 e. The molecule has 0 amide bonds. The van der Waals surface area contributed by atoms with Gasteiger partial charge in [0.15, 0.2) is 0 Å². The van der Waals surface area contributed by atoms with Crippen LogP contribution in [0, 0.1) is 0 Å². The fraction of sp³-hybridized carbons (Fsp3) is 0.867. The fourth-order valence-corrected chi connectivity index (χ4v) is 3.06. The third-order valence-corrected chi connectivity index (χ3v) is 4.03. The zero-order chi connectivity index (χ0) is 11.9. The van der Waals surface area contributed by atoms with E-state index < -0.39 is 0 Å². The van der Waals surface area contributed by atoms with Crippen molar-refractivity contribution in [3.63, 3.8) is 0 Å². The second-order valence-electron chi connectivity index (χ2n) is 5.35. The molecule has 1 aliphatic carbocycles. The Bertz CT molecular complexity index is 243. The number of nitrogens with one attached hydrogen (secondary N) is 1. The lowest BCUT2D eigenvalue weighted by Gasteiger charge is -2.26. The molecule has 0 spiro atoms. The van der Waals surface area contributed by atoms with Crippen molar-refractivity contribution in [1.29, 1.82) is 0 Å². The van der Waals surface area contributed by atoms with E-state index in [1.54, 1.807) is 5.57 Å². The van der Waals surface area contributed by atoms with Crippen LogP contribution in [-0.4, -0.2) is 25.3 Å². The maximum absolute atomic E-state index is 5.82. The lowest BCUT2D eigenvalue weighted by atomic mass is 9.97. The molecule has 0 aromatic rings. The Labute approximate surface area is 106 Å². The van der Waals surface area contributed by atoms with E-state index in [2.05, 4.69) is 18.3 Å². The number of hydrogen-bond donors (Lipinski definition) is 1. The monoisotopic (exact) mass is 237 g/mol. The van der Waals surface area contributed by atoms with Gasteiger partial charge in [0.1, 0.15) is 0 Å². The predicted molar refractivity (Wildman–Crippen MR) is 72.2 cm³/mol. The second kappa shape index (κ2) is 7.17. The van der Waals surface area contributed by atoms with Crippen LogP contribution in [0.1, 0.15) is 58.3 Å². The molecule has 0 aromatic heterocycles. The summed E-state index contributed by atoms with van der Waals surface area (Å²) < 4.78 is 5.82. The molecule has 98 valence electrons. The summed E-state index contributed by atoms with van der Waals surface area (Å²) in [4.78, 5) is 0. The minimum Gasteiger partial charge on any atom is -0.378 e. The molecule has 2 rings (SSSR count). The minimum absolute atomic E-state index is 0.534. The van der Waals surface area contributed by atoms with Crippen LogP contribution in [0.3, 0.4) is 0 Å². The zero-order valence-electron chi connectivity index (χ0n) is 11.2. The minimum atomic E-state index is 0.534. The molecule has 2 aliphatic rings. The van der Waals surface area contributed by atoms with E-state index in [0.717, 1.165) is 13.2 Å². The second-order valence-corrected chi connectivity index (χ2v) is 5.35. The largest absolute Gasteiger partial charge is 0.378 e. The molecule has 1 N–H and O–H groups in total. The predicted octanol–water partition coefficient (Wildman–Crippen LogP) is 3.42. The number of allylic oxidation sites excluding steroid dienone is 1. The average Bonchev–Trinajstić information content (AvgIpc) is 2.89. The first kappa shape index (κ1) is 13.1. The summed E-state index contributed by atoms with van der Waals surface area (Å²) in [7, 11) is 0. The molecular weight excluding hydrogens is 210 g/mol. The fourth-order valence-electron chi connectivity index (χ4n) is 3.06. The van der Waals surface area contributed by atoms with Crippen LogP contribution in [-0.2, 0) is 4.74 Å². The van der Waals surface area contributed by atoms with Crippen LogP contribution in [0.15, 0.2) is 11.6 Å². The molecule has 2 heteroatoms. The number of hydrogen-bond acceptors (Lipinski definition) is 2. The topological polar surface area (TPSA) is 21.3 Å². The van der Waals surface area contributed by atoms with Gasteiger partial charge in [0, 0.05) is 12.6 Å². The Hall–Kier alpha value is -0.340. The maximum Gasteiger partial charge on any atom is 0.0575 e. The highest BCUT2D eigenvalue weighted by Gasteiger charge is 2.19. The summed E-state index contributed by atoms with van der Waals surface area (Å²) in [5.41, 5.74) is 1.66. The van der Waals surface area contributed by atoms with Crippen molar-refractivity contribution in [2.75, 3.05) is 13.2 Å². The van der Waals surface area contributed by atoms with Gasteiger partial charge in [0.2, 0.25) is 0 Å². The standard InChI is InChI=1S/C15H27NO/c1-2-16-15(13-7-3-4-8-13)11-10-14-9-5-6-12-17-14/h7,14-16H,2-6,8-12H2,1H3. The molecule has 1 saturated heterocycles. The number of ether oxygens (including phenoxy) is 1. The molecule has 0 bridgehead atoms. The molecule has 2 nitrogen and oxygen atoms in total. The molecular formula is C15H27NO. The zero-order valence-corrected chi connectivity index (χ0v) is 11.2. The van der Waals surface area contributed by atoms with Crippen molar-refractivity contribution >= 4 is 0 Å². The van der Waals surface area contributed by atoms with Gasteiger partial charge in [-0.25, -0.2) is 0 Å². The molecule has 2 atom stereocenters. The van der Waals surface area contributed by atoms with E-state index in [1.807, 2.05) is 0 Å². The molecule has 17 heavy (non-hydrogen) atoms. The van der Waals surface area contributed by atoms with Crippen molar-refractivity contribution in [2.24, 2.45) is 0 Å². The molecule has 0 saturated carbocycles. The molecule has 0 aromatic carbocycles. The van der Waals surface area contributed by atoms with Gasteiger partial charge in [0.05, 0.1) is 6.10 Å². The summed E-state index contributed by atoms with van der Waals surface area (Å²) in [6, 6.07) is 0.619. The number of rotatable bonds is 6. The maximum atomic E-state index is 5.82. The van der Waals surface area contributed by atoms with Gasteiger partial charge in [-0.2, -0.15) is 0 Å². The van der Waals surface area contributed by atoms with Crippen molar-refractivity contribution in [2.45, 2.75) is 70.4 Å². The first-order valence-electron chi connectivity index (χ1n) is 7.44. The summed E-state index contributed by atoms with van der Waals surface area (Å²) in [6.45, 7) is 4.27. The van der Waals surface area contributed by atoms with Crippen LogP contribution >= 0.6 is 0 Å². The van der Waals surface area contributed by atoms with E-state index in [9.17, 15) is 0 Å². The molecule has 2 unspecified atom stereocenters. The Morgan fingerprint density at radius 1 is 1.41 bits per heavy atom. The van der Waals surface area contributed by atoms with Crippen molar-refractivity contribution < 1.29 is 4.74 Å². The van der Waals surface area contributed by atoms with Gasteiger partial charge in [-0.1, -0.05) is 18.6 Å². The lowest BCUT2D eigenvalue weighted by molar-refractivity contribution is 0.00911. The van der Waals surface area contributed by atoms with E-state index >= 15 is 0 Å². The quantitative estimate of drug-likeness (QED) is 0.715. The van der Waals surface area contributed by atoms with E-state index in [-0.39, 0.29) is 0 Å². The molecule has 1 fully saturated rings. The van der Waals surface area contributed by atoms with Gasteiger partial charge in [0.25, 0.3) is 0 Å². The van der Waals surface area contributed by atoms with Crippen LogP contribution in [0.2, 0.25) is 0 Å². The lowest BCUT2D eigenvalue weighted by Crippen LogP contribution is -2.32. The van der Waals surface area contributed by atoms with Crippen LogP contribution < -0.4 is 5.32 Å². The van der Waals surface area contributed by atoms with Gasteiger partial charge >= 0.3 is 0 Å². The Morgan fingerprint density at radius 2 is 2.35 bits per heavy atom. The van der Waals surface area contributed by atoms with Crippen LogP contribution in [0.4, 0.5) is 0 Å². The van der Waals surface area contributed by atoms with Gasteiger partial charge in [-0.3, -0.25) is 0 Å². The first-order chi connectivity index (χ1) is 8.40. The summed E-state index contributed by atoms with van der Waals surface area (Å²) in [6.07, 6.45) is 13.3. The highest BCUT2D eigenvalue weighted by molar-refractivity contribution is 5.15. The van der Waals surface area contributed by atoms with Crippen LogP contribution in [0.25, 0.3) is 0 Å². The highest BCUT2D eigenvalue weighted by atomic mass is 16.5. The molecule has 1 aliphatic heterocycles. The highest BCUT2D eigenvalue weighted by Crippen LogP contribution is 2.25. The SMILES string of the molecule is CCNC(CCC1CCCCO1)C1=CCCC1. The molecule has 1 heterocycles. The van der Waals surface area contributed by atoms with E-state index in [4.69, 9.17) is 4.74 Å².